The molecule has 1 saturated heterocycles. The molecular weight excluding hydrogens is 306 g/mol. The predicted molar refractivity (Wildman–Crippen MR) is 84.8 cm³/mol. The summed E-state index contributed by atoms with van der Waals surface area (Å²) in [6, 6.07) is 0.0172. The Kier molecular flexibility index (Phi) is 7.20. The van der Waals surface area contributed by atoms with Crippen molar-refractivity contribution in [3.05, 3.63) is 0 Å². The number of nitrogens with one attached hydrogen (secondary N) is 2. The van der Waals surface area contributed by atoms with Crippen LogP contribution in [0, 0.1) is 5.92 Å². The molecule has 0 radical (unpaired) electrons. The van der Waals surface area contributed by atoms with Crippen molar-refractivity contribution in [2.45, 2.75) is 71.1 Å². The van der Waals surface area contributed by atoms with Crippen molar-refractivity contribution >= 4 is 6.09 Å². The third-order valence-corrected chi connectivity index (χ3v) is 3.60. The van der Waals surface area contributed by atoms with Crippen LogP contribution in [-0.2, 0) is 9.47 Å². The first-order valence-electron chi connectivity index (χ1n) is 8.18. The van der Waals surface area contributed by atoms with Gasteiger partial charge in [-0.3, -0.25) is 0 Å². The van der Waals surface area contributed by atoms with Crippen LogP contribution in [0.25, 0.3) is 0 Å². The van der Waals surface area contributed by atoms with E-state index in [1.54, 1.807) is 20.8 Å². The molecule has 1 rings (SSSR count). The minimum Gasteiger partial charge on any atom is -0.444 e. The lowest BCUT2D eigenvalue weighted by molar-refractivity contribution is -0.0371. The number of amides is 1. The van der Waals surface area contributed by atoms with Gasteiger partial charge in [0.25, 0.3) is 5.92 Å². The molecule has 1 amide bonds. The standard InChI is InChI=1S/C16H30F2N2O3/c1-11(2)13-8-12(6-7-22-13)19-9-16(17,18)10-20-14(21)23-15(3,4)5/h11-13,19H,6-10H2,1-5H3,(H,20,21). The normalized spacial score (nSPS) is 23.0. The molecule has 0 saturated carbocycles. The minimum absolute atomic E-state index is 0.0172. The molecule has 0 aliphatic carbocycles. The first kappa shape index (κ1) is 20.1. The van der Waals surface area contributed by atoms with Crippen LogP contribution < -0.4 is 10.6 Å². The van der Waals surface area contributed by atoms with E-state index >= 15 is 0 Å². The zero-order valence-corrected chi connectivity index (χ0v) is 14.7. The fourth-order valence-corrected chi connectivity index (χ4v) is 2.35. The van der Waals surface area contributed by atoms with Crippen molar-refractivity contribution in [1.29, 1.82) is 0 Å². The Morgan fingerprint density at radius 3 is 2.52 bits per heavy atom. The maximum atomic E-state index is 13.9. The van der Waals surface area contributed by atoms with Gasteiger partial charge in [0.05, 0.1) is 19.2 Å². The molecule has 0 aromatic heterocycles. The number of alkyl halides is 2. The highest BCUT2D eigenvalue weighted by atomic mass is 19.3. The zero-order chi connectivity index (χ0) is 17.7. The molecule has 0 bridgehead atoms. The highest BCUT2D eigenvalue weighted by Crippen LogP contribution is 2.21. The molecule has 0 spiro atoms. The predicted octanol–water partition coefficient (Wildman–Crippen LogP) is 2.94. The van der Waals surface area contributed by atoms with E-state index in [0.717, 1.165) is 12.8 Å². The Hall–Kier alpha value is -0.950. The molecule has 2 N–H and O–H groups in total. The van der Waals surface area contributed by atoms with Crippen molar-refractivity contribution < 1.29 is 23.0 Å². The summed E-state index contributed by atoms with van der Waals surface area (Å²) < 4.78 is 38.3. The Morgan fingerprint density at radius 1 is 1.30 bits per heavy atom. The van der Waals surface area contributed by atoms with Crippen molar-refractivity contribution in [1.82, 2.24) is 10.6 Å². The summed E-state index contributed by atoms with van der Waals surface area (Å²) >= 11 is 0. The number of hydrogen-bond acceptors (Lipinski definition) is 4. The summed E-state index contributed by atoms with van der Waals surface area (Å²) in [7, 11) is 0. The third kappa shape index (κ3) is 8.46. The van der Waals surface area contributed by atoms with Gasteiger partial charge in [0.15, 0.2) is 0 Å². The molecule has 0 aromatic rings. The molecule has 23 heavy (non-hydrogen) atoms. The van der Waals surface area contributed by atoms with E-state index in [9.17, 15) is 13.6 Å². The lowest BCUT2D eigenvalue weighted by atomic mass is 9.95. The Morgan fingerprint density at radius 2 is 1.96 bits per heavy atom. The Bertz CT molecular complexity index is 384. The SMILES string of the molecule is CC(C)C1CC(NCC(F)(F)CNC(=O)OC(C)(C)C)CCO1. The van der Waals surface area contributed by atoms with Gasteiger partial charge in [0.2, 0.25) is 0 Å². The number of halogens is 2. The topological polar surface area (TPSA) is 59.6 Å². The fraction of sp³-hybridized carbons (Fsp3) is 0.938. The van der Waals surface area contributed by atoms with Gasteiger partial charge in [-0.2, -0.15) is 0 Å². The van der Waals surface area contributed by atoms with Crippen LogP contribution in [0.15, 0.2) is 0 Å². The molecule has 0 aromatic carbocycles. The van der Waals surface area contributed by atoms with Gasteiger partial charge in [-0.1, -0.05) is 13.8 Å². The van der Waals surface area contributed by atoms with Gasteiger partial charge in [-0.25, -0.2) is 13.6 Å². The van der Waals surface area contributed by atoms with Gasteiger partial charge in [-0.05, 0) is 39.5 Å². The average Bonchev–Trinajstić information content (AvgIpc) is 2.42. The molecule has 1 aliphatic rings. The highest BCUT2D eigenvalue weighted by molar-refractivity contribution is 5.67. The smallest absolute Gasteiger partial charge is 0.407 e. The quantitative estimate of drug-likeness (QED) is 0.783. The summed E-state index contributed by atoms with van der Waals surface area (Å²) in [5.74, 6) is -2.66. The summed E-state index contributed by atoms with van der Waals surface area (Å²) in [6.45, 7) is 8.54. The molecule has 1 aliphatic heterocycles. The van der Waals surface area contributed by atoms with Crippen molar-refractivity contribution in [3.8, 4) is 0 Å². The van der Waals surface area contributed by atoms with E-state index < -0.39 is 30.7 Å². The van der Waals surface area contributed by atoms with E-state index in [2.05, 4.69) is 24.5 Å². The zero-order valence-electron chi connectivity index (χ0n) is 14.7. The van der Waals surface area contributed by atoms with Gasteiger partial charge >= 0.3 is 6.09 Å². The maximum absolute atomic E-state index is 13.9. The summed E-state index contributed by atoms with van der Waals surface area (Å²) in [6.07, 6.45) is 0.726. The minimum atomic E-state index is -3.03. The molecule has 2 atom stereocenters. The van der Waals surface area contributed by atoms with E-state index in [1.165, 1.54) is 0 Å². The lowest BCUT2D eigenvalue weighted by Gasteiger charge is -2.33. The molecule has 5 nitrogen and oxygen atoms in total. The molecular formula is C16H30F2N2O3. The van der Waals surface area contributed by atoms with E-state index in [1.807, 2.05) is 0 Å². The van der Waals surface area contributed by atoms with Gasteiger partial charge in [0.1, 0.15) is 5.60 Å². The monoisotopic (exact) mass is 336 g/mol. The van der Waals surface area contributed by atoms with Crippen molar-refractivity contribution in [3.63, 3.8) is 0 Å². The second kappa shape index (κ2) is 8.24. The second-order valence-corrected chi connectivity index (χ2v) is 7.47. The Balaban J connectivity index is 2.33. The van der Waals surface area contributed by atoms with Gasteiger partial charge in [0, 0.05) is 12.6 Å². The van der Waals surface area contributed by atoms with Gasteiger partial charge < -0.3 is 20.1 Å². The van der Waals surface area contributed by atoms with Gasteiger partial charge in [-0.15, -0.1) is 0 Å². The number of rotatable bonds is 6. The first-order valence-corrected chi connectivity index (χ1v) is 8.18. The van der Waals surface area contributed by atoms with Crippen LogP contribution in [0.2, 0.25) is 0 Å². The fourth-order valence-electron chi connectivity index (χ4n) is 2.35. The number of hydrogen-bond donors (Lipinski definition) is 2. The summed E-state index contributed by atoms with van der Waals surface area (Å²) in [5, 5.41) is 5.01. The first-order chi connectivity index (χ1) is 10.5. The Labute approximate surface area is 137 Å². The van der Waals surface area contributed by atoms with Crippen LogP contribution in [0.3, 0.4) is 0 Å². The van der Waals surface area contributed by atoms with E-state index in [-0.39, 0.29) is 12.1 Å². The van der Waals surface area contributed by atoms with Crippen LogP contribution in [0.1, 0.15) is 47.5 Å². The largest absolute Gasteiger partial charge is 0.444 e. The lowest BCUT2D eigenvalue weighted by Crippen LogP contribution is -2.49. The van der Waals surface area contributed by atoms with Crippen LogP contribution in [0.4, 0.5) is 13.6 Å². The van der Waals surface area contributed by atoms with Crippen LogP contribution in [0.5, 0.6) is 0 Å². The molecule has 1 fully saturated rings. The average molecular weight is 336 g/mol. The van der Waals surface area contributed by atoms with Crippen molar-refractivity contribution in [2.75, 3.05) is 19.7 Å². The number of ether oxygens (including phenoxy) is 2. The van der Waals surface area contributed by atoms with Crippen LogP contribution >= 0.6 is 0 Å². The number of carbonyl (C=O) groups excluding carboxylic acids is 1. The molecule has 1 heterocycles. The van der Waals surface area contributed by atoms with Crippen LogP contribution in [-0.4, -0.2) is 49.5 Å². The maximum Gasteiger partial charge on any atom is 0.407 e. The van der Waals surface area contributed by atoms with E-state index in [4.69, 9.17) is 9.47 Å². The highest BCUT2D eigenvalue weighted by Gasteiger charge is 2.32. The van der Waals surface area contributed by atoms with E-state index in [0.29, 0.717) is 12.5 Å². The molecule has 2 unspecified atom stereocenters. The second-order valence-electron chi connectivity index (χ2n) is 7.47. The number of alkyl carbamates (subject to hydrolysis) is 1. The summed E-state index contributed by atoms with van der Waals surface area (Å²) in [5.41, 5.74) is -0.703. The third-order valence-electron chi connectivity index (χ3n) is 3.60. The number of carbonyl (C=O) groups is 1. The summed E-state index contributed by atoms with van der Waals surface area (Å²) in [4.78, 5) is 11.4. The molecule has 136 valence electrons. The van der Waals surface area contributed by atoms with Crippen molar-refractivity contribution in [2.24, 2.45) is 5.92 Å². The molecule has 7 heteroatoms.